The van der Waals surface area contributed by atoms with E-state index < -0.39 is 11.7 Å². The normalized spacial score (nSPS) is 11.4. The van der Waals surface area contributed by atoms with Crippen molar-refractivity contribution < 1.29 is 17.9 Å². The lowest BCUT2D eigenvalue weighted by molar-refractivity contribution is -0.137. The van der Waals surface area contributed by atoms with Gasteiger partial charge in [0, 0.05) is 5.33 Å². The smallest absolute Gasteiger partial charge is 0.416 e. The first kappa shape index (κ1) is 11.4. The van der Waals surface area contributed by atoms with E-state index in [1.807, 2.05) is 0 Å². The van der Waals surface area contributed by atoms with Gasteiger partial charge in [0.15, 0.2) is 0 Å². The number of ether oxygens (including phenoxy) is 1. The SMILES string of the molecule is FC(F)(F)c1ccc(OCCBr)cc1. The summed E-state index contributed by atoms with van der Waals surface area (Å²) in [6.45, 7) is 0.436. The van der Waals surface area contributed by atoms with E-state index in [2.05, 4.69) is 15.9 Å². The third-order valence-electron chi connectivity index (χ3n) is 1.53. The Morgan fingerprint density at radius 3 is 2.14 bits per heavy atom. The van der Waals surface area contributed by atoms with Gasteiger partial charge in [-0.05, 0) is 24.3 Å². The van der Waals surface area contributed by atoms with E-state index in [4.69, 9.17) is 4.74 Å². The van der Waals surface area contributed by atoms with Crippen LogP contribution in [-0.2, 0) is 6.18 Å². The Morgan fingerprint density at radius 1 is 1.14 bits per heavy atom. The number of benzene rings is 1. The maximum atomic E-state index is 12.1. The molecule has 1 aromatic carbocycles. The highest BCUT2D eigenvalue weighted by atomic mass is 79.9. The van der Waals surface area contributed by atoms with Crippen LogP contribution in [0.15, 0.2) is 24.3 Å². The number of hydrogen-bond donors (Lipinski definition) is 0. The molecule has 0 aromatic heterocycles. The lowest BCUT2D eigenvalue weighted by Gasteiger charge is -2.08. The van der Waals surface area contributed by atoms with Crippen molar-refractivity contribution in [2.75, 3.05) is 11.9 Å². The molecule has 0 aliphatic rings. The zero-order valence-electron chi connectivity index (χ0n) is 7.14. The summed E-state index contributed by atoms with van der Waals surface area (Å²) in [7, 11) is 0. The first-order chi connectivity index (χ1) is 6.54. The fourth-order valence-electron chi connectivity index (χ4n) is 0.897. The van der Waals surface area contributed by atoms with Gasteiger partial charge in [-0.3, -0.25) is 0 Å². The van der Waals surface area contributed by atoms with Gasteiger partial charge in [-0.2, -0.15) is 13.2 Å². The van der Waals surface area contributed by atoms with Crippen LogP contribution in [0.3, 0.4) is 0 Å². The average Bonchev–Trinajstić information content (AvgIpc) is 2.14. The van der Waals surface area contributed by atoms with Crippen molar-refractivity contribution in [2.24, 2.45) is 0 Å². The molecule has 0 amide bonds. The summed E-state index contributed by atoms with van der Waals surface area (Å²) in [4.78, 5) is 0. The minimum Gasteiger partial charge on any atom is -0.493 e. The molecular weight excluding hydrogens is 261 g/mol. The van der Waals surface area contributed by atoms with Gasteiger partial charge in [0.05, 0.1) is 12.2 Å². The molecule has 0 heterocycles. The fourth-order valence-corrected chi connectivity index (χ4v) is 1.06. The van der Waals surface area contributed by atoms with Gasteiger partial charge >= 0.3 is 6.18 Å². The molecule has 0 saturated heterocycles. The van der Waals surface area contributed by atoms with Gasteiger partial charge in [0.2, 0.25) is 0 Å². The van der Waals surface area contributed by atoms with Crippen molar-refractivity contribution in [3.05, 3.63) is 29.8 Å². The summed E-state index contributed by atoms with van der Waals surface area (Å²) in [5.41, 5.74) is -0.663. The lowest BCUT2D eigenvalue weighted by atomic mass is 10.2. The Morgan fingerprint density at radius 2 is 1.71 bits per heavy atom. The predicted molar refractivity (Wildman–Crippen MR) is 50.7 cm³/mol. The third-order valence-corrected chi connectivity index (χ3v) is 1.85. The second-order valence-electron chi connectivity index (χ2n) is 2.56. The molecule has 0 spiro atoms. The topological polar surface area (TPSA) is 9.23 Å². The Bertz CT molecular complexity index is 281. The first-order valence-electron chi connectivity index (χ1n) is 3.90. The van der Waals surface area contributed by atoms with Crippen molar-refractivity contribution in [3.8, 4) is 5.75 Å². The molecule has 1 nitrogen and oxygen atoms in total. The number of alkyl halides is 4. The van der Waals surface area contributed by atoms with Gasteiger partial charge in [-0.25, -0.2) is 0 Å². The van der Waals surface area contributed by atoms with Crippen LogP contribution in [0, 0.1) is 0 Å². The van der Waals surface area contributed by atoms with Crippen LogP contribution in [0.1, 0.15) is 5.56 Å². The molecule has 1 aromatic rings. The predicted octanol–water partition coefficient (Wildman–Crippen LogP) is 3.48. The van der Waals surface area contributed by atoms with Crippen LogP contribution >= 0.6 is 15.9 Å². The van der Waals surface area contributed by atoms with Crippen LogP contribution in [-0.4, -0.2) is 11.9 Å². The fraction of sp³-hybridized carbons (Fsp3) is 0.333. The highest BCUT2D eigenvalue weighted by Gasteiger charge is 2.29. The Kier molecular flexibility index (Phi) is 3.80. The van der Waals surface area contributed by atoms with Crippen LogP contribution in [0.2, 0.25) is 0 Å². The molecule has 0 atom stereocenters. The lowest BCUT2D eigenvalue weighted by Crippen LogP contribution is -2.04. The maximum Gasteiger partial charge on any atom is 0.416 e. The van der Waals surface area contributed by atoms with E-state index in [-0.39, 0.29) is 0 Å². The van der Waals surface area contributed by atoms with Crippen LogP contribution < -0.4 is 4.74 Å². The Balaban J connectivity index is 2.69. The van der Waals surface area contributed by atoms with E-state index in [0.29, 0.717) is 17.7 Å². The standard InChI is InChI=1S/C9H8BrF3O/c10-5-6-14-8-3-1-7(2-4-8)9(11,12)13/h1-4H,5-6H2. The number of rotatable bonds is 3. The average molecular weight is 269 g/mol. The van der Waals surface area contributed by atoms with Crippen molar-refractivity contribution in [1.29, 1.82) is 0 Å². The number of hydrogen-bond acceptors (Lipinski definition) is 1. The molecule has 0 radical (unpaired) electrons. The highest BCUT2D eigenvalue weighted by Crippen LogP contribution is 2.30. The van der Waals surface area contributed by atoms with E-state index in [9.17, 15) is 13.2 Å². The largest absolute Gasteiger partial charge is 0.493 e. The zero-order chi connectivity index (χ0) is 10.6. The molecule has 0 unspecified atom stereocenters. The molecule has 0 N–H and O–H groups in total. The van der Waals surface area contributed by atoms with Crippen LogP contribution in [0.4, 0.5) is 13.2 Å². The quantitative estimate of drug-likeness (QED) is 0.763. The zero-order valence-corrected chi connectivity index (χ0v) is 8.73. The molecule has 5 heteroatoms. The van der Waals surface area contributed by atoms with Crippen molar-refractivity contribution in [2.45, 2.75) is 6.18 Å². The van der Waals surface area contributed by atoms with Gasteiger partial charge in [0.25, 0.3) is 0 Å². The van der Waals surface area contributed by atoms with Gasteiger partial charge in [0.1, 0.15) is 5.75 Å². The summed E-state index contributed by atoms with van der Waals surface area (Å²) >= 11 is 3.15. The third kappa shape index (κ3) is 3.21. The maximum absolute atomic E-state index is 12.1. The molecule has 1 rings (SSSR count). The molecule has 0 saturated carbocycles. The molecule has 78 valence electrons. The minimum atomic E-state index is -4.28. The first-order valence-corrected chi connectivity index (χ1v) is 5.02. The van der Waals surface area contributed by atoms with E-state index in [1.54, 1.807) is 0 Å². The number of halogens is 4. The van der Waals surface area contributed by atoms with Gasteiger partial charge < -0.3 is 4.74 Å². The van der Waals surface area contributed by atoms with Gasteiger partial charge in [-0.15, -0.1) is 0 Å². The second-order valence-corrected chi connectivity index (χ2v) is 3.35. The summed E-state index contributed by atoms with van der Waals surface area (Å²) in [5.74, 6) is 0.442. The van der Waals surface area contributed by atoms with Crippen molar-refractivity contribution in [1.82, 2.24) is 0 Å². The van der Waals surface area contributed by atoms with E-state index >= 15 is 0 Å². The highest BCUT2D eigenvalue weighted by molar-refractivity contribution is 9.09. The minimum absolute atomic E-state index is 0.436. The molecule has 0 bridgehead atoms. The monoisotopic (exact) mass is 268 g/mol. The molecule has 0 aliphatic heterocycles. The Labute approximate surface area is 88.0 Å². The van der Waals surface area contributed by atoms with Gasteiger partial charge in [-0.1, -0.05) is 15.9 Å². The van der Waals surface area contributed by atoms with Crippen LogP contribution in [0.5, 0.6) is 5.75 Å². The summed E-state index contributed by atoms with van der Waals surface area (Å²) in [5, 5.41) is 0.647. The molecule has 0 aliphatic carbocycles. The summed E-state index contributed by atoms with van der Waals surface area (Å²) < 4.78 is 41.5. The van der Waals surface area contributed by atoms with E-state index in [0.717, 1.165) is 12.1 Å². The second kappa shape index (κ2) is 4.68. The molecular formula is C9H8BrF3O. The summed E-state index contributed by atoms with van der Waals surface area (Å²) in [6, 6.07) is 4.63. The summed E-state index contributed by atoms with van der Waals surface area (Å²) in [6.07, 6.45) is -4.28. The Hall–Kier alpha value is -0.710. The van der Waals surface area contributed by atoms with E-state index in [1.165, 1.54) is 12.1 Å². The van der Waals surface area contributed by atoms with Crippen LogP contribution in [0.25, 0.3) is 0 Å². The molecule has 0 fully saturated rings. The van der Waals surface area contributed by atoms with Crippen molar-refractivity contribution in [3.63, 3.8) is 0 Å². The molecule has 14 heavy (non-hydrogen) atoms. The van der Waals surface area contributed by atoms with Crippen molar-refractivity contribution >= 4 is 15.9 Å².